The Morgan fingerprint density at radius 3 is 2.71 bits per heavy atom. The fourth-order valence-electron chi connectivity index (χ4n) is 1.21. The SMILES string of the molecule is CCN(CC(=O)O)C(=O)NCc1ccc(Cl)s1. The van der Waals surface area contributed by atoms with Crippen LogP contribution in [0.5, 0.6) is 0 Å². The van der Waals surface area contributed by atoms with Gasteiger partial charge in [-0.1, -0.05) is 11.6 Å². The van der Waals surface area contributed by atoms with Gasteiger partial charge in [0.2, 0.25) is 0 Å². The number of hydrogen-bond donors (Lipinski definition) is 2. The monoisotopic (exact) mass is 276 g/mol. The zero-order valence-corrected chi connectivity index (χ0v) is 10.8. The lowest BCUT2D eigenvalue weighted by Gasteiger charge is -2.18. The van der Waals surface area contributed by atoms with Gasteiger partial charge in [-0.05, 0) is 19.1 Å². The number of carboxylic acid groups (broad SMARTS) is 1. The Bertz CT molecular complexity index is 408. The second-order valence-corrected chi connectivity index (χ2v) is 5.07. The van der Waals surface area contributed by atoms with Gasteiger partial charge in [0.05, 0.1) is 10.9 Å². The summed E-state index contributed by atoms with van der Waals surface area (Å²) in [6.45, 7) is 2.13. The van der Waals surface area contributed by atoms with E-state index < -0.39 is 5.97 Å². The molecular weight excluding hydrogens is 264 g/mol. The lowest BCUT2D eigenvalue weighted by Crippen LogP contribution is -2.42. The first-order chi connectivity index (χ1) is 8.02. The average Bonchev–Trinajstić information content (AvgIpc) is 2.68. The van der Waals surface area contributed by atoms with Crippen LogP contribution in [0.4, 0.5) is 4.79 Å². The minimum Gasteiger partial charge on any atom is -0.480 e. The van der Waals surface area contributed by atoms with Gasteiger partial charge in [-0.25, -0.2) is 4.79 Å². The van der Waals surface area contributed by atoms with E-state index in [1.54, 1.807) is 13.0 Å². The number of amides is 2. The number of thiophene rings is 1. The van der Waals surface area contributed by atoms with Gasteiger partial charge >= 0.3 is 12.0 Å². The second kappa shape index (κ2) is 6.46. The molecule has 2 amide bonds. The van der Waals surface area contributed by atoms with Crippen LogP contribution in [0.2, 0.25) is 4.34 Å². The highest BCUT2D eigenvalue weighted by Crippen LogP contribution is 2.20. The molecule has 0 radical (unpaired) electrons. The first kappa shape index (κ1) is 13.8. The van der Waals surface area contributed by atoms with Gasteiger partial charge in [0.25, 0.3) is 0 Å². The molecule has 1 aromatic rings. The molecule has 7 heteroatoms. The standard InChI is InChI=1S/C10H13ClN2O3S/c1-2-13(6-9(14)15)10(16)12-5-7-3-4-8(11)17-7/h3-4H,2,5-6H2,1H3,(H,12,16)(H,14,15). The minimum atomic E-state index is -1.03. The molecular formula is C10H13ClN2O3S. The smallest absolute Gasteiger partial charge is 0.323 e. The predicted octanol–water partition coefficient (Wildman–Crippen LogP) is 2.02. The number of aliphatic carboxylic acids is 1. The quantitative estimate of drug-likeness (QED) is 0.864. The number of urea groups is 1. The van der Waals surface area contributed by atoms with Crippen molar-refractivity contribution in [1.29, 1.82) is 0 Å². The van der Waals surface area contributed by atoms with Crippen LogP contribution in [-0.2, 0) is 11.3 Å². The van der Waals surface area contributed by atoms with E-state index >= 15 is 0 Å². The number of hydrogen-bond acceptors (Lipinski definition) is 3. The van der Waals surface area contributed by atoms with Crippen molar-refractivity contribution < 1.29 is 14.7 Å². The molecule has 0 saturated heterocycles. The average molecular weight is 277 g/mol. The molecule has 17 heavy (non-hydrogen) atoms. The Labute approximate surface area is 108 Å². The van der Waals surface area contributed by atoms with Crippen LogP contribution in [0, 0.1) is 0 Å². The zero-order valence-electron chi connectivity index (χ0n) is 9.27. The van der Waals surface area contributed by atoms with Gasteiger partial charge < -0.3 is 15.3 Å². The highest BCUT2D eigenvalue weighted by Gasteiger charge is 2.14. The number of likely N-dealkylation sites (N-methyl/N-ethyl adjacent to an activating group) is 1. The van der Waals surface area contributed by atoms with E-state index in [1.165, 1.54) is 16.2 Å². The van der Waals surface area contributed by atoms with Crippen LogP contribution in [0.15, 0.2) is 12.1 Å². The summed E-state index contributed by atoms with van der Waals surface area (Å²) in [4.78, 5) is 24.3. The lowest BCUT2D eigenvalue weighted by atomic mass is 10.4. The predicted molar refractivity (Wildman–Crippen MR) is 66.4 cm³/mol. The Balaban J connectivity index is 2.44. The van der Waals surface area contributed by atoms with Crippen molar-refractivity contribution in [3.05, 3.63) is 21.3 Å². The van der Waals surface area contributed by atoms with E-state index in [-0.39, 0.29) is 12.6 Å². The van der Waals surface area contributed by atoms with Crippen molar-refractivity contribution in [2.45, 2.75) is 13.5 Å². The third kappa shape index (κ3) is 4.62. The highest BCUT2D eigenvalue weighted by molar-refractivity contribution is 7.16. The van der Waals surface area contributed by atoms with Gasteiger partial charge in [0.15, 0.2) is 0 Å². The maximum absolute atomic E-state index is 11.6. The molecule has 0 aliphatic carbocycles. The Morgan fingerprint density at radius 2 is 2.24 bits per heavy atom. The third-order valence-corrected chi connectivity index (χ3v) is 3.27. The molecule has 1 aromatic heterocycles. The highest BCUT2D eigenvalue weighted by atomic mass is 35.5. The fourth-order valence-corrected chi connectivity index (χ4v) is 2.24. The summed E-state index contributed by atoms with van der Waals surface area (Å²) >= 11 is 7.13. The summed E-state index contributed by atoms with van der Waals surface area (Å²) < 4.78 is 0.659. The van der Waals surface area contributed by atoms with Crippen molar-refractivity contribution in [3.63, 3.8) is 0 Å². The lowest BCUT2D eigenvalue weighted by molar-refractivity contribution is -0.137. The van der Waals surface area contributed by atoms with Crippen molar-refractivity contribution in [2.24, 2.45) is 0 Å². The van der Waals surface area contributed by atoms with Gasteiger partial charge in [0, 0.05) is 11.4 Å². The van der Waals surface area contributed by atoms with Gasteiger partial charge in [-0.15, -0.1) is 11.3 Å². The molecule has 0 saturated carbocycles. The Kier molecular flexibility index (Phi) is 5.24. The number of carbonyl (C=O) groups excluding carboxylic acids is 1. The molecule has 1 rings (SSSR count). The summed E-state index contributed by atoms with van der Waals surface area (Å²) in [5, 5.41) is 11.3. The van der Waals surface area contributed by atoms with Gasteiger partial charge in [-0.3, -0.25) is 4.79 Å². The van der Waals surface area contributed by atoms with E-state index in [1.807, 2.05) is 6.07 Å². The summed E-state index contributed by atoms with van der Waals surface area (Å²) in [7, 11) is 0. The number of rotatable bonds is 5. The largest absolute Gasteiger partial charge is 0.480 e. The molecule has 0 unspecified atom stereocenters. The number of carbonyl (C=O) groups is 2. The maximum Gasteiger partial charge on any atom is 0.323 e. The normalized spacial score (nSPS) is 10.0. The fraction of sp³-hybridized carbons (Fsp3) is 0.400. The van der Waals surface area contributed by atoms with Crippen molar-refractivity contribution in [2.75, 3.05) is 13.1 Å². The summed E-state index contributed by atoms with van der Waals surface area (Å²) in [6, 6.07) is 3.18. The molecule has 1 heterocycles. The molecule has 0 aromatic carbocycles. The topological polar surface area (TPSA) is 69.6 Å². The number of nitrogens with zero attached hydrogens (tertiary/aromatic N) is 1. The Morgan fingerprint density at radius 1 is 1.53 bits per heavy atom. The summed E-state index contributed by atoms with van der Waals surface area (Å²) in [6.07, 6.45) is 0. The van der Waals surface area contributed by atoms with Crippen LogP contribution in [0.1, 0.15) is 11.8 Å². The van der Waals surface area contributed by atoms with E-state index in [4.69, 9.17) is 16.7 Å². The van der Waals surface area contributed by atoms with Gasteiger partial charge in [-0.2, -0.15) is 0 Å². The van der Waals surface area contributed by atoms with Crippen LogP contribution in [0.25, 0.3) is 0 Å². The molecule has 0 fully saturated rings. The number of nitrogens with one attached hydrogen (secondary N) is 1. The van der Waals surface area contributed by atoms with Crippen molar-refractivity contribution >= 4 is 34.9 Å². The van der Waals surface area contributed by atoms with Crippen molar-refractivity contribution in [3.8, 4) is 0 Å². The van der Waals surface area contributed by atoms with Crippen LogP contribution in [-0.4, -0.2) is 35.1 Å². The van der Waals surface area contributed by atoms with E-state index in [0.717, 1.165) is 4.88 Å². The molecule has 0 aliphatic heterocycles. The Hall–Kier alpha value is -1.27. The van der Waals surface area contributed by atoms with Crippen LogP contribution in [0.3, 0.4) is 0 Å². The molecule has 5 nitrogen and oxygen atoms in total. The zero-order chi connectivity index (χ0) is 12.8. The minimum absolute atomic E-state index is 0.298. The van der Waals surface area contributed by atoms with E-state index in [9.17, 15) is 9.59 Å². The third-order valence-electron chi connectivity index (χ3n) is 2.04. The molecule has 0 atom stereocenters. The second-order valence-electron chi connectivity index (χ2n) is 3.27. The van der Waals surface area contributed by atoms with Gasteiger partial charge in [0.1, 0.15) is 6.54 Å². The molecule has 0 bridgehead atoms. The van der Waals surface area contributed by atoms with E-state index in [2.05, 4.69) is 5.32 Å². The van der Waals surface area contributed by atoms with Crippen molar-refractivity contribution in [1.82, 2.24) is 10.2 Å². The molecule has 94 valence electrons. The maximum atomic E-state index is 11.6. The van der Waals surface area contributed by atoms with Crippen LogP contribution < -0.4 is 5.32 Å². The summed E-state index contributed by atoms with van der Waals surface area (Å²) in [5.74, 6) is -1.03. The number of carboxylic acids is 1. The van der Waals surface area contributed by atoms with E-state index in [0.29, 0.717) is 17.4 Å². The molecule has 0 aliphatic rings. The first-order valence-corrected chi connectivity index (χ1v) is 6.21. The molecule has 2 N–H and O–H groups in total. The number of halogens is 1. The first-order valence-electron chi connectivity index (χ1n) is 5.01. The molecule has 0 spiro atoms. The summed E-state index contributed by atoms with van der Waals surface area (Å²) in [5.41, 5.74) is 0. The van der Waals surface area contributed by atoms with Crippen LogP contribution >= 0.6 is 22.9 Å².